The van der Waals surface area contributed by atoms with Crippen molar-refractivity contribution in [2.24, 2.45) is 4.99 Å². The molecule has 2 aliphatic carbocycles. The lowest BCUT2D eigenvalue weighted by molar-refractivity contribution is -0.115. The van der Waals surface area contributed by atoms with Crippen molar-refractivity contribution in [2.45, 2.75) is 57.8 Å². The SMILES string of the molecule is Cc1ccc(N=C(CCc2noc3c2C(=O)CC(c2ccccc2)C3)C2=C(O)CCCC2=O)cc1. The number of aryl methyl sites for hydroxylation is 2. The zero-order chi connectivity index (χ0) is 24.4. The third kappa shape index (κ3) is 4.87. The Balaban J connectivity index is 1.41. The van der Waals surface area contributed by atoms with Crippen molar-refractivity contribution in [1.29, 1.82) is 0 Å². The van der Waals surface area contributed by atoms with Crippen LogP contribution in [0.3, 0.4) is 0 Å². The van der Waals surface area contributed by atoms with Gasteiger partial charge in [0.1, 0.15) is 11.5 Å². The van der Waals surface area contributed by atoms with Crippen LogP contribution in [0, 0.1) is 6.92 Å². The number of benzene rings is 2. The van der Waals surface area contributed by atoms with Gasteiger partial charge >= 0.3 is 0 Å². The number of aromatic nitrogens is 1. The highest BCUT2D eigenvalue weighted by Gasteiger charge is 2.33. The van der Waals surface area contributed by atoms with Gasteiger partial charge in [-0.2, -0.15) is 0 Å². The van der Waals surface area contributed by atoms with Crippen molar-refractivity contribution < 1.29 is 19.2 Å². The smallest absolute Gasteiger partial charge is 0.168 e. The van der Waals surface area contributed by atoms with Gasteiger partial charge in [0.25, 0.3) is 0 Å². The molecular weight excluding hydrogens is 440 g/mol. The summed E-state index contributed by atoms with van der Waals surface area (Å²) in [6.07, 6.45) is 3.31. The first-order valence-corrected chi connectivity index (χ1v) is 12.1. The second-order valence-electron chi connectivity index (χ2n) is 9.36. The minimum absolute atomic E-state index is 0.0316. The lowest BCUT2D eigenvalue weighted by Crippen LogP contribution is -2.21. The van der Waals surface area contributed by atoms with Gasteiger partial charge in [-0.05, 0) is 49.8 Å². The topological polar surface area (TPSA) is 92.8 Å². The summed E-state index contributed by atoms with van der Waals surface area (Å²) in [7, 11) is 0. The van der Waals surface area contributed by atoms with Gasteiger partial charge in [0.15, 0.2) is 11.6 Å². The fourth-order valence-corrected chi connectivity index (χ4v) is 4.98. The van der Waals surface area contributed by atoms with Crippen LogP contribution in [0.2, 0.25) is 0 Å². The van der Waals surface area contributed by atoms with Gasteiger partial charge in [-0.25, -0.2) is 0 Å². The van der Waals surface area contributed by atoms with Crippen LogP contribution in [0.1, 0.15) is 71.0 Å². The molecule has 0 bridgehead atoms. The number of carbonyl (C=O) groups is 2. The van der Waals surface area contributed by atoms with Gasteiger partial charge in [-0.15, -0.1) is 0 Å². The van der Waals surface area contributed by atoms with Crippen LogP contribution < -0.4 is 0 Å². The molecule has 0 saturated heterocycles. The Hall–Kier alpha value is -3.80. The number of aliphatic hydroxyl groups is 1. The highest BCUT2D eigenvalue weighted by atomic mass is 16.5. The molecule has 0 aliphatic heterocycles. The van der Waals surface area contributed by atoms with E-state index in [2.05, 4.69) is 5.16 Å². The van der Waals surface area contributed by atoms with Crippen molar-refractivity contribution in [3.63, 3.8) is 0 Å². The Morgan fingerprint density at radius 1 is 1.03 bits per heavy atom. The number of nitrogens with zero attached hydrogens (tertiary/aromatic N) is 2. The molecule has 0 amide bonds. The molecule has 6 heteroatoms. The van der Waals surface area contributed by atoms with E-state index < -0.39 is 0 Å². The van der Waals surface area contributed by atoms with Crippen molar-refractivity contribution in [3.8, 4) is 0 Å². The number of aliphatic hydroxyl groups excluding tert-OH is 1. The Morgan fingerprint density at radius 3 is 2.54 bits per heavy atom. The van der Waals surface area contributed by atoms with Crippen LogP contribution in [0.4, 0.5) is 5.69 Å². The van der Waals surface area contributed by atoms with Gasteiger partial charge in [-0.1, -0.05) is 53.2 Å². The van der Waals surface area contributed by atoms with Crippen molar-refractivity contribution >= 4 is 23.0 Å². The van der Waals surface area contributed by atoms with E-state index in [-0.39, 0.29) is 23.2 Å². The molecule has 35 heavy (non-hydrogen) atoms. The molecule has 1 heterocycles. The molecule has 1 aromatic heterocycles. The third-order valence-electron chi connectivity index (χ3n) is 6.82. The Bertz CT molecular complexity index is 1320. The minimum atomic E-state index is -0.0939. The molecule has 0 saturated carbocycles. The van der Waals surface area contributed by atoms with E-state index in [0.29, 0.717) is 78.9 Å². The zero-order valence-corrected chi connectivity index (χ0v) is 19.8. The fourth-order valence-electron chi connectivity index (χ4n) is 4.98. The maximum Gasteiger partial charge on any atom is 0.168 e. The highest BCUT2D eigenvalue weighted by Crippen LogP contribution is 2.35. The second-order valence-corrected chi connectivity index (χ2v) is 9.36. The summed E-state index contributed by atoms with van der Waals surface area (Å²) in [5, 5.41) is 14.8. The van der Waals surface area contributed by atoms with Gasteiger partial charge in [0.05, 0.1) is 28.2 Å². The van der Waals surface area contributed by atoms with E-state index in [1.54, 1.807) is 0 Å². The predicted octanol–water partition coefficient (Wildman–Crippen LogP) is 6.17. The number of hydrogen-bond donors (Lipinski definition) is 1. The molecule has 1 unspecified atom stereocenters. The molecular formula is C29H28N2O4. The quantitative estimate of drug-likeness (QED) is 0.437. The fraction of sp³-hybridized carbons (Fsp3) is 0.310. The van der Waals surface area contributed by atoms with E-state index in [1.165, 1.54) is 0 Å². The summed E-state index contributed by atoms with van der Waals surface area (Å²) in [5.41, 5.74) is 4.95. The normalized spacial score (nSPS) is 18.7. The first-order valence-electron chi connectivity index (χ1n) is 12.1. The lowest BCUT2D eigenvalue weighted by atomic mass is 9.81. The molecule has 2 aliphatic rings. The average Bonchev–Trinajstić information content (AvgIpc) is 3.28. The number of carbonyl (C=O) groups excluding carboxylic acids is 2. The van der Waals surface area contributed by atoms with Gasteiger partial charge < -0.3 is 9.63 Å². The lowest BCUT2D eigenvalue weighted by Gasteiger charge is -2.20. The van der Waals surface area contributed by atoms with Crippen LogP contribution in [0.5, 0.6) is 0 Å². The number of allylic oxidation sites excluding steroid dienone is 2. The standard InChI is InChI=1S/C29H28N2O4/c1-18-10-12-21(13-11-18)30-22(28-24(32)8-5-9-25(28)33)14-15-23-29-26(34)16-20(17-27(29)35-31-23)19-6-3-2-4-7-19/h2-4,6-7,10-13,20,32H,5,8-9,14-17H2,1H3. The molecule has 0 radical (unpaired) electrons. The van der Waals surface area contributed by atoms with E-state index in [4.69, 9.17) is 9.52 Å². The van der Waals surface area contributed by atoms with Crippen molar-refractivity contribution in [3.05, 3.63) is 94.1 Å². The molecule has 0 spiro atoms. The molecule has 1 atom stereocenters. The maximum absolute atomic E-state index is 13.1. The van der Waals surface area contributed by atoms with Crippen LogP contribution in [0.25, 0.3) is 0 Å². The zero-order valence-electron chi connectivity index (χ0n) is 19.8. The molecule has 5 rings (SSSR count). The average molecular weight is 469 g/mol. The molecule has 0 fully saturated rings. The summed E-state index contributed by atoms with van der Waals surface area (Å²) in [6.45, 7) is 2.00. The first-order chi connectivity index (χ1) is 17.0. The number of ketones is 2. The van der Waals surface area contributed by atoms with Crippen LogP contribution in [0.15, 0.2) is 75.4 Å². The second kappa shape index (κ2) is 9.82. The van der Waals surface area contributed by atoms with Crippen molar-refractivity contribution in [1.82, 2.24) is 5.16 Å². The Labute approximate surface area is 204 Å². The number of rotatable bonds is 6. The predicted molar refractivity (Wildman–Crippen MR) is 133 cm³/mol. The third-order valence-corrected chi connectivity index (χ3v) is 6.82. The Kier molecular flexibility index (Phi) is 6.45. The number of fused-ring (bicyclic) bond motifs is 1. The molecule has 6 nitrogen and oxygen atoms in total. The Morgan fingerprint density at radius 2 is 1.80 bits per heavy atom. The minimum Gasteiger partial charge on any atom is -0.511 e. The summed E-state index contributed by atoms with van der Waals surface area (Å²) in [5.74, 6) is 0.736. The molecule has 1 N–H and O–H groups in total. The molecule has 3 aromatic rings. The molecule has 2 aromatic carbocycles. The number of hydrogen-bond acceptors (Lipinski definition) is 6. The van der Waals surface area contributed by atoms with Crippen LogP contribution in [-0.4, -0.2) is 27.5 Å². The summed E-state index contributed by atoms with van der Waals surface area (Å²) in [6, 6.07) is 17.7. The maximum atomic E-state index is 13.1. The number of Topliss-reactive ketones (excluding diaryl/α,β-unsaturated/α-hetero) is 2. The van der Waals surface area contributed by atoms with E-state index in [9.17, 15) is 14.7 Å². The summed E-state index contributed by atoms with van der Waals surface area (Å²) in [4.78, 5) is 30.6. The number of aliphatic imine (C=N–C) groups is 1. The van der Waals surface area contributed by atoms with E-state index in [0.717, 1.165) is 11.1 Å². The largest absolute Gasteiger partial charge is 0.511 e. The van der Waals surface area contributed by atoms with Gasteiger partial charge in [-0.3, -0.25) is 14.6 Å². The summed E-state index contributed by atoms with van der Waals surface area (Å²) < 4.78 is 5.62. The highest BCUT2D eigenvalue weighted by molar-refractivity contribution is 6.23. The van der Waals surface area contributed by atoms with E-state index in [1.807, 2.05) is 61.5 Å². The van der Waals surface area contributed by atoms with Gasteiger partial charge in [0, 0.05) is 25.7 Å². The summed E-state index contributed by atoms with van der Waals surface area (Å²) >= 11 is 0. The monoisotopic (exact) mass is 468 g/mol. The molecule has 178 valence electrons. The van der Waals surface area contributed by atoms with Crippen molar-refractivity contribution in [2.75, 3.05) is 0 Å². The van der Waals surface area contributed by atoms with Gasteiger partial charge in [0.2, 0.25) is 0 Å². The first kappa shape index (κ1) is 23.0. The van der Waals surface area contributed by atoms with E-state index >= 15 is 0 Å². The van der Waals surface area contributed by atoms with Crippen LogP contribution >= 0.6 is 0 Å². The van der Waals surface area contributed by atoms with Crippen LogP contribution in [-0.2, 0) is 17.6 Å².